The predicted octanol–water partition coefficient (Wildman–Crippen LogP) is 0.295. The first-order chi connectivity index (χ1) is 6.34. The first-order valence-electron chi connectivity index (χ1n) is 4.28. The van der Waals surface area contributed by atoms with E-state index < -0.39 is 0 Å². The van der Waals surface area contributed by atoms with E-state index in [1.165, 1.54) is 17.2 Å². The average molecular weight is 176 g/mol. The molecule has 2 heterocycles. The lowest BCUT2D eigenvalue weighted by atomic mass is 10.3. The van der Waals surface area contributed by atoms with Crippen molar-refractivity contribution in [3.05, 3.63) is 28.4 Å². The second-order valence-corrected chi connectivity index (χ2v) is 3.33. The summed E-state index contributed by atoms with van der Waals surface area (Å²) < 4.78 is 1.41. The Bertz CT molecular complexity index is 508. The van der Waals surface area contributed by atoms with E-state index >= 15 is 0 Å². The van der Waals surface area contributed by atoms with Gasteiger partial charge in [-0.05, 0) is 18.9 Å². The zero-order chi connectivity index (χ0) is 8.84. The van der Waals surface area contributed by atoms with Gasteiger partial charge in [-0.25, -0.2) is 19.3 Å². The van der Waals surface area contributed by atoms with Crippen LogP contribution >= 0.6 is 0 Å². The van der Waals surface area contributed by atoms with Crippen molar-refractivity contribution in [3.8, 4) is 0 Å². The molecule has 0 bridgehead atoms. The molecule has 66 valence electrons. The molecule has 1 aliphatic rings. The highest BCUT2D eigenvalue weighted by molar-refractivity contribution is 5.29. The Kier molecular flexibility index (Phi) is 1.15. The highest BCUT2D eigenvalue weighted by atomic mass is 16.1. The number of nitrogens with one attached hydrogen (secondary N) is 1. The number of rotatable bonds is 1. The van der Waals surface area contributed by atoms with Gasteiger partial charge in [0.05, 0.1) is 0 Å². The van der Waals surface area contributed by atoms with Gasteiger partial charge in [0.15, 0.2) is 0 Å². The Balaban J connectivity index is 2.27. The third-order valence-electron chi connectivity index (χ3n) is 2.30. The molecule has 13 heavy (non-hydrogen) atoms. The topological polar surface area (TPSA) is 63.0 Å². The number of aromatic amines is 1. The fraction of sp³-hybridized carbons (Fsp3) is 0.375. The lowest BCUT2D eigenvalue weighted by Gasteiger charge is -1.95. The molecule has 2 aromatic heterocycles. The summed E-state index contributed by atoms with van der Waals surface area (Å²) in [6, 6.07) is 1.89. The van der Waals surface area contributed by atoms with E-state index in [2.05, 4.69) is 15.2 Å². The van der Waals surface area contributed by atoms with Gasteiger partial charge in [-0.2, -0.15) is 0 Å². The molecule has 0 aliphatic heterocycles. The quantitative estimate of drug-likeness (QED) is 0.679. The molecule has 0 spiro atoms. The van der Waals surface area contributed by atoms with E-state index in [1.54, 1.807) is 6.20 Å². The molecule has 3 rings (SSSR count). The predicted molar refractivity (Wildman–Crippen MR) is 45.6 cm³/mol. The molecule has 0 saturated heterocycles. The molecule has 2 aromatic rings. The van der Waals surface area contributed by atoms with Crippen molar-refractivity contribution in [1.82, 2.24) is 19.6 Å². The van der Waals surface area contributed by atoms with Gasteiger partial charge < -0.3 is 0 Å². The Morgan fingerprint density at radius 1 is 1.54 bits per heavy atom. The minimum Gasteiger partial charge on any atom is -0.246 e. The maximum atomic E-state index is 11.1. The summed E-state index contributed by atoms with van der Waals surface area (Å²) in [5, 5.41) is 6.16. The average Bonchev–Trinajstić information content (AvgIpc) is 2.93. The number of H-pyrrole nitrogens is 1. The summed E-state index contributed by atoms with van der Waals surface area (Å²) in [4.78, 5) is 15.4. The van der Waals surface area contributed by atoms with Crippen molar-refractivity contribution in [2.75, 3.05) is 0 Å². The van der Waals surface area contributed by atoms with Gasteiger partial charge in [-0.1, -0.05) is 0 Å². The van der Waals surface area contributed by atoms with Crippen LogP contribution in [0.15, 0.2) is 17.1 Å². The monoisotopic (exact) mass is 176 g/mol. The van der Waals surface area contributed by atoms with Crippen molar-refractivity contribution in [2.45, 2.75) is 18.8 Å². The Hall–Kier alpha value is -1.65. The molecule has 1 aliphatic carbocycles. The zero-order valence-electron chi connectivity index (χ0n) is 6.90. The van der Waals surface area contributed by atoms with Crippen LogP contribution in [0.2, 0.25) is 0 Å². The second kappa shape index (κ2) is 2.18. The summed E-state index contributed by atoms with van der Waals surface area (Å²) in [6.07, 6.45) is 4.14. The fourth-order valence-electron chi connectivity index (χ4n) is 1.42. The van der Waals surface area contributed by atoms with Gasteiger partial charge in [-0.15, -0.1) is 5.10 Å². The van der Waals surface area contributed by atoms with E-state index in [4.69, 9.17) is 0 Å². The van der Waals surface area contributed by atoms with Crippen LogP contribution in [0.4, 0.5) is 0 Å². The molecular weight excluding hydrogens is 168 g/mol. The molecule has 5 nitrogen and oxygen atoms in total. The van der Waals surface area contributed by atoms with E-state index in [9.17, 15) is 4.79 Å². The van der Waals surface area contributed by atoms with Crippen LogP contribution in [0.1, 0.15) is 24.5 Å². The number of aromatic nitrogens is 4. The molecule has 1 fully saturated rings. The standard InChI is InChI=1S/C8H8N4O/c13-8-11-10-7-9-6(5-1-2-5)3-4-12(7)8/h3-5H,1-2H2,(H,11,13). The van der Waals surface area contributed by atoms with Crippen molar-refractivity contribution >= 4 is 5.78 Å². The van der Waals surface area contributed by atoms with E-state index in [0.717, 1.165) is 5.69 Å². The molecular formula is C8H8N4O. The third kappa shape index (κ3) is 0.965. The van der Waals surface area contributed by atoms with Crippen LogP contribution in [-0.4, -0.2) is 19.6 Å². The van der Waals surface area contributed by atoms with Crippen LogP contribution in [0.5, 0.6) is 0 Å². The normalized spacial score (nSPS) is 16.6. The molecule has 0 aromatic carbocycles. The largest absolute Gasteiger partial charge is 0.348 e. The summed E-state index contributed by atoms with van der Waals surface area (Å²) in [7, 11) is 0. The molecule has 0 unspecified atom stereocenters. The van der Waals surface area contributed by atoms with Gasteiger partial charge in [0.1, 0.15) is 0 Å². The smallest absolute Gasteiger partial charge is 0.246 e. The summed E-state index contributed by atoms with van der Waals surface area (Å²) in [5.74, 6) is 1.06. The van der Waals surface area contributed by atoms with Gasteiger partial charge in [0.25, 0.3) is 5.78 Å². The SMILES string of the molecule is O=c1[nH]nc2nc(C3CC3)ccn12. The van der Waals surface area contributed by atoms with Gasteiger partial charge >= 0.3 is 5.69 Å². The Morgan fingerprint density at radius 2 is 2.38 bits per heavy atom. The maximum Gasteiger partial charge on any atom is 0.348 e. The van der Waals surface area contributed by atoms with Gasteiger partial charge in [-0.3, -0.25) is 0 Å². The van der Waals surface area contributed by atoms with Crippen molar-refractivity contribution in [3.63, 3.8) is 0 Å². The number of nitrogens with zero attached hydrogens (tertiary/aromatic N) is 3. The van der Waals surface area contributed by atoms with E-state index in [-0.39, 0.29) is 5.69 Å². The Labute approximate surface area is 73.4 Å². The van der Waals surface area contributed by atoms with Gasteiger partial charge in [0, 0.05) is 17.8 Å². The number of hydrogen-bond acceptors (Lipinski definition) is 3. The minimum absolute atomic E-state index is 0.232. The molecule has 1 saturated carbocycles. The summed E-state index contributed by atoms with van der Waals surface area (Å²) >= 11 is 0. The first-order valence-corrected chi connectivity index (χ1v) is 4.28. The van der Waals surface area contributed by atoms with Crippen molar-refractivity contribution in [2.24, 2.45) is 0 Å². The summed E-state index contributed by atoms with van der Waals surface area (Å²) in [6.45, 7) is 0. The van der Waals surface area contributed by atoms with Gasteiger partial charge in [0.2, 0.25) is 0 Å². The third-order valence-corrected chi connectivity index (χ3v) is 2.30. The molecule has 0 amide bonds. The van der Waals surface area contributed by atoms with Crippen LogP contribution in [0.25, 0.3) is 5.78 Å². The zero-order valence-corrected chi connectivity index (χ0v) is 6.90. The number of fused-ring (bicyclic) bond motifs is 1. The molecule has 5 heteroatoms. The lowest BCUT2D eigenvalue weighted by molar-refractivity contribution is 0.971. The first kappa shape index (κ1) is 6.82. The highest BCUT2D eigenvalue weighted by Crippen LogP contribution is 2.38. The Morgan fingerprint density at radius 3 is 3.15 bits per heavy atom. The second-order valence-electron chi connectivity index (χ2n) is 3.33. The molecule has 1 N–H and O–H groups in total. The lowest BCUT2D eigenvalue weighted by Crippen LogP contribution is -2.09. The maximum absolute atomic E-state index is 11.1. The van der Waals surface area contributed by atoms with Crippen LogP contribution in [0.3, 0.4) is 0 Å². The van der Waals surface area contributed by atoms with E-state index in [1.807, 2.05) is 6.07 Å². The minimum atomic E-state index is -0.232. The van der Waals surface area contributed by atoms with Crippen molar-refractivity contribution in [1.29, 1.82) is 0 Å². The fourth-order valence-corrected chi connectivity index (χ4v) is 1.42. The molecule has 0 radical (unpaired) electrons. The van der Waals surface area contributed by atoms with Crippen LogP contribution in [-0.2, 0) is 0 Å². The van der Waals surface area contributed by atoms with Crippen LogP contribution < -0.4 is 5.69 Å². The molecule has 0 atom stereocenters. The van der Waals surface area contributed by atoms with E-state index in [0.29, 0.717) is 11.7 Å². The van der Waals surface area contributed by atoms with Crippen molar-refractivity contribution < 1.29 is 0 Å². The highest BCUT2D eigenvalue weighted by Gasteiger charge is 2.25. The van der Waals surface area contributed by atoms with Crippen LogP contribution in [0, 0.1) is 0 Å². The summed E-state index contributed by atoms with van der Waals surface area (Å²) in [5.41, 5.74) is 0.816. The number of hydrogen-bond donors (Lipinski definition) is 1.